The Labute approximate surface area is 169 Å². The van der Waals surface area contributed by atoms with Gasteiger partial charge >= 0.3 is 0 Å². The Morgan fingerprint density at radius 2 is 2.14 bits per heavy atom. The van der Waals surface area contributed by atoms with E-state index < -0.39 is 5.72 Å². The number of hydrogen-bond acceptors (Lipinski definition) is 6. The molecule has 0 radical (unpaired) electrons. The molecule has 0 aromatic rings. The van der Waals surface area contributed by atoms with Crippen molar-refractivity contribution in [2.45, 2.75) is 44.0 Å². The van der Waals surface area contributed by atoms with Gasteiger partial charge in [0, 0.05) is 31.4 Å². The number of ether oxygens (including phenoxy) is 1. The summed E-state index contributed by atoms with van der Waals surface area (Å²) >= 11 is 0. The summed E-state index contributed by atoms with van der Waals surface area (Å²) in [6, 6.07) is 0.672. The maximum atomic E-state index is 10.8. The highest BCUT2D eigenvalue weighted by Gasteiger charge is 2.56. The monoisotopic (exact) mass is 388 g/mol. The first-order chi connectivity index (χ1) is 13.5. The number of nitrogens with zero attached hydrogens (tertiary/aromatic N) is 3. The lowest BCUT2D eigenvalue weighted by molar-refractivity contribution is -0.170. The highest BCUT2D eigenvalue weighted by molar-refractivity contribution is 5.26. The predicted molar refractivity (Wildman–Crippen MR) is 113 cm³/mol. The van der Waals surface area contributed by atoms with Crippen molar-refractivity contribution >= 4 is 0 Å². The van der Waals surface area contributed by atoms with Gasteiger partial charge in [0.25, 0.3) is 0 Å². The molecule has 0 aromatic heterocycles. The lowest BCUT2D eigenvalue weighted by Gasteiger charge is -2.40. The van der Waals surface area contributed by atoms with Crippen LogP contribution in [0.2, 0.25) is 0 Å². The Kier molecular flexibility index (Phi) is 7.12. The number of epoxide rings is 1. The summed E-state index contributed by atoms with van der Waals surface area (Å²) in [5.41, 5.74) is 1.72. The Bertz CT molecular complexity index is 628. The van der Waals surface area contributed by atoms with Gasteiger partial charge in [0.05, 0.1) is 19.2 Å². The third-order valence-electron chi connectivity index (χ3n) is 6.11. The molecule has 2 saturated heterocycles. The number of nitrogens with one attached hydrogen (secondary N) is 1. The van der Waals surface area contributed by atoms with Crippen LogP contribution < -0.4 is 5.32 Å². The second-order valence-electron chi connectivity index (χ2n) is 8.19. The van der Waals surface area contributed by atoms with Crippen molar-refractivity contribution in [3.8, 4) is 0 Å². The lowest BCUT2D eigenvalue weighted by Crippen LogP contribution is -2.54. The molecule has 3 aliphatic heterocycles. The van der Waals surface area contributed by atoms with Crippen LogP contribution in [-0.2, 0) is 4.74 Å². The van der Waals surface area contributed by atoms with Gasteiger partial charge in [-0.1, -0.05) is 30.9 Å². The van der Waals surface area contributed by atoms with Gasteiger partial charge in [0.15, 0.2) is 5.72 Å². The van der Waals surface area contributed by atoms with E-state index in [0.29, 0.717) is 19.2 Å². The van der Waals surface area contributed by atoms with E-state index in [1.54, 1.807) is 6.08 Å². The average Bonchev–Trinajstić information content (AvgIpc) is 3.51. The highest BCUT2D eigenvalue weighted by atomic mass is 16.7. The van der Waals surface area contributed by atoms with Crippen LogP contribution in [0.4, 0.5) is 0 Å². The summed E-state index contributed by atoms with van der Waals surface area (Å²) in [5.74, 6) is 0. The Morgan fingerprint density at radius 1 is 1.43 bits per heavy atom. The fourth-order valence-electron chi connectivity index (χ4n) is 4.31. The second-order valence-corrected chi connectivity index (χ2v) is 8.19. The van der Waals surface area contributed by atoms with E-state index in [9.17, 15) is 5.21 Å². The zero-order valence-electron chi connectivity index (χ0n) is 17.6. The van der Waals surface area contributed by atoms with E-state index in [1.165, 1.54) is 23.6 Å². The molecule has 0 amide bonds. The lowest BCUT2D eigenvalue weighted by atomic mass is 9.98. The number of piperidine rings is 1. The van der Waals surface area contributed by atoms with Gasteiger partial charge < -0.3 is 25.1 Å². The molecular weight excluding hydrogens is 352 g/mol. The topological polar surface area (TPSA) is 54.5 Å². The molecule has 0 spiro atoms. The molecule has 156 valence electrons. The fraction of sp³-hybridized carbons (Fsp3) is 0.636. The van der Waals surface area contributed by atoms with Crippen molar-refractivity contribution in [2.24, 2.45) is 0 Å². The van der Waals surface area contributed by atoms with Crippen LogP contribution in [0.25, 0.3) is 0 Å². The van der Waals surface area contributed by atoms with E-state index in [2.05, 4.69) is 41.9 Å². The Hall–Kier alpha value is -1.44. The van der Waals surface area contributed by atoms with Gasteiger partial charge in [0.1, 0.15) is 0 Å². The minimum atomic E-state index is -0.671. The van der Waals surface area contributed by atoms with Crippen LogP contribution in [-0.4, -0.2) is 84.8 Å². The maximum absolute atomic E-state index is 10.8. The minimum Gasteiger partial charge on any atom is -0.375 e. The Balaban J connectivity index is 1.66. The molecule has 2 fully saturated rings. The molecule has 2 atom stereocenters. The van der Waals surface area contributed by atoms with Crippen molar-refractivity contribution in [3.63, 3.8) is 0 Å². The largest absolute Gasteiger partial charge is 0.375 e. The van der Waals surface area contributed by atoms with Crippen molar-refractivity contribution in [3.05, 3.63) is 48.2 Å². The molecule has 0 aliphatic carbocycles. The third kappa shape index (κ3) is 4.75. The molecule has 2 unspecified atom stereocenters. The summed E-state index contributed by atoms with van der Waals surface area (Å²) in [4.78, 5) is 4.86. The first-order valence-electron chi connectivity index (χ1n) is 10.4. The van der Waals surface area contributed by atoms with Crippen LogP contribution in [0.3, 0.4) is 0 Å². The summed E-state index contributed by atoms with van der Waals surface area (Å²) in [5, 5.41) is 15.7. The molecule has 0 aromatic carbocycles. The number of rotatable bonds is 8. The summed E-state index contributed by atoms with van der Waals surface area (Å²) in [7, 11) is 4.35. The third-order valence-corrected chi connectivity index (χ3v) is 6.11. The van der Waals surface area contributed by atoms with E-state index in [4.69, 9.17) is 4.74 Å². The summed E-state index contributed by atoms with van der Waals surface area (Å²) < 4.78 is 5.81. The van der Waals surface area contributed by atoms with Crippen LogP contribution in [0.15, 0.2) is 48.2 Å². The Morgan fingerprint density at radius 3 is 2.71 bits per heavy atom. The van der Waals surface area contributed by atoms with Gasteiger partial charge in [-0.2, -0.15) is 5.06 Å². The van der Waals surface area contributed by atoms with Crippen molar-refractivity contribution in [1.29, 1.82) is 0 Å². The van der Waals surface area contributed by atoms with Crippen LogP contribution >= 0.6 is 0 Å². The van der Waals surface area contributed by atoms with Crippen molar-refractivity contribution in [2.75, 3.05) is 46.9 Å². The van der Waals surface area contributed by atoms with Crippen molar-refractivity contribution < 1.29 is 9.94 Å². The molecule has 28 heavy (non-hydrogen) atoms. The summed E-state index contributed by atoms with van der Waals surface area (Å²) in [6.45, 7) is 9.79. The van der Waals surface area contributed by atoms with E-state index in [-0.39, 0.29) is 6.04 Å². The molecule has 2 N–H and O–H groups in total. The van der Waals surface area contributed by atoms with Crippen LogP contribution in [0.1, 0.15) is 26.2 Å². The molecule has 3 aliphatic rings. The predicted octanol–water partition coefficient (Wildman–Crippen LogP) is 2.36. The number of hydrogen-bond donors (Lipinski definition) is 2. The minimum absolute atomic E-state index is 0.0107. The molecule has 3 heterocycles. The average molecular weight is 389 g/mol. The van der Waals surface area contributed by atoms with E-state index >= 15 is 0 Å². The standard InChI is InChI=1S/C22H36N4O2/c1-5-7-18(8-6-2)16-26(27)22(17-28-22)21-15-20(9-12-23-21)25-13-10-19(11-14-25)24(3)4/h5-8,15,19,21,23,27H,1,9-14,16-17H2,2-4H3. The molecule has 6 heteroatoms. The molecule has 0 saturated carbocycles. The van der Waals surface area contributed by atoms with Gasteiger partial charge in [0.2, 0.25) is 0 Å². The maximum Gasteiger partial charge on any atom is 0.186 e. The second kappa shape index (κ2) is 9.37. The van der Waals surface area contributed by atoms with Crippen molar-refractivity contribution in [1.82, 2.24) is 20.2 Å². The molecule has 0 bridgehead atoms. The molecule has 3 rings (SSSR count). The number of likely N-dealkylation sites (tertiary alicyclic amines) is 1. The van der Waals surface area contributed by atoms with Crippen LogP contribution in [0, 0.1) is 0 Å². The van der Waals surface area contributed by atoms with Gasteiger partial charge in [-0.05, 0) is 51.9 Å². The summed E-state index contributed by atoms with van der Waals surface area (Å²) in [6.07, 6.45) is 13.3. The van der Waals surface area contributed by atoms with Gasteiger partial charge in [-0.15, -0.1) is 0 Å². The van der Waals surface area contributed by atoms with Gasteiger partial charge in [-0.3, -0.25) is 0 Å². The SMILES string of the molecule is C=CC=C(C=CC)CN(O)C1(C2C=C(N3CCC(N(C)C)CC3)CCN2)CO1. The number of allylic oxidation sites excluding steroid dienone is 3. The zero-order valence-corrected chi connectivity index (χ0v) is 17.6. The van der Waals surface area contributed by atoms with Crippen LogP contribution in [0.5, 0.6) is 0 Å². The molecule has 6 nitrogen and oxygen atoms in total. The van der Waals surface area contributed by atoms with E-state index in [1.807, 2.05) is 25.2 Å². The quantitative estimate of drug-likeness (QED) is 0.378. The highest BCUT2D eigenvalue weighted by Crippen LogP contribution is 2.37. The molecular formula is C22H36N4O2. The first-order valence-corrected chi connectivity index (χ1v) is 10.4. The number of hydroxylamine groups is 2. The van der Waals surface area contributed by atoms with Gasteiger partial charge in [-0.25, -0.2) is 0 Å². The zero-order chi connectivity index (χ0) is 20.1. The fourth-order valence-corrected chi connectivity index (χ4v) is 4.31. The van der Waals surface area contributed by atoms with E-state index in [0.717, 1.165) is 31.6 Å². The normalized spacial score (nSPS) is 29.6. The first kappa shape index (κ1) is 21.3. The smallest absolute Gasteiger partial charge is 0.186 e.